The molecule has 0 spiro atoms. The molecule has 6 heteroatoms. The number of rotatable bonds is 6. The Hall–Kier alpha value is -2.63. The molecule has 1 heterocycles. The molecule has 2 rings (SSSR count). The number of nitrogens with zero attached hydrogens (tertiary/aromatic N) is 1. The van der Waals surface area contributed by atoms with Gasteiger partial charge in [0, 0.05) is 24.5 Å². The Bertz CT molecular complexity index is 766. The summed E-state index contributed by atoms with van der Waals surface area (Å²) < 4.78 is 20.1. The average Bonchev–Trinajstić information content (AvgIpc) is 2.87. The quantitative estimate of drug-likeness (QED) is 0.818. The molecule has 0 radical (unpaired) electrons. The number of benzene rings is 1. The van der Waals surface area contributed by atoms with Crippen LogP contribution in [0.5, 0.6) is 0 Å². The number of aryl methyl sites for hydroxylation is 1. The highest BCUT2D eigenvalue weighted by Gasteiger charge is 2.22. The first-order valence-corrected chi connectivity index (χ1v) is 8.23. The number of halogens is 1. The Kier molecular flexibility index (Phi) is 5.96. The Morgan fingerprint density at radius 1 is 1.24 bits per heavy atom. The highest BCUT2D eigenvalue weighted by molar-refractivity contribution is 5.93. The standard InChI is InChI=1S/C19H23FN2O3/c1-5-22-12(2)10-17(13(22)3)19(24)25-14(4)18(23)21-11-15-6-8-16(20)9-7-15/h6-10,14H,5,11H2,1-4H3,(H,21,23)/t14-/m0/s1. The lowest BCUT2D eigenvalue weighted by atomic mass is 10.2. The number of hydrogen-bond donors (Lipinski definition) is 1. The molecule has 0 unspecified atom stereocenters. The van der Waals surface area contributed by atoms with Crippen LogP contribution in [0.1, 0.15) is 41.2 Å². The summed E-state index contributed by atoms with van der Waals surface area (Å²) in [6, 6.07) is 7.60. The number of carbonyl (C=O) groups excluding carboxylic acids is 2. The third-order valence-electron chi connectivity index (χ3n) is 4.14. The second-order valence-corrected chi connectivity index (χ2v) is 5.92. The van der Waals surface area contributed by atoms with Gasteiger partial charge in [0.15, 0.2) is 6.10 Å². The number of hydrogen-bond acceptors (Lipinski definition) is 3. The van der Waals surface area contributed by atoms with Gasteiger partial charge in [-0.05, 0) is 51.5 Å². The maximum Gasteiger partial charge on any atom is 0.340 e. The van der Waals surface area contributed by atoms with E-state index in [0.29, 0.717) is 5.56 Å². The Labute approximate surface area is 146 Å². The van der Waals surface area contributed by atoms with Crippen LogP contribution in [0.15, 0.2) is 30.3 Å². The number of amides is 1. The van der Waals surface area contributed by atoms with Crippen LogP contribution in [-0.2, 0) is 22.6 Å². The van der Waals surface area contributed by atoms with Crippen LogP contribution in [0, 0.1) is 19.7 Å². The molecule has 1 aromatic carbocycles. The summed E-state index contributed by atoms with van der Waals surface area (Å²) in [7, 11) is 0. The first kappa shape index (κ1) is 18.7. The minimum Gasteiger partial charge on any atom is -0.449 e. The second-order valence-electron chi connectivity index (χ2n) is 5.92. The van der Waals surface area contributed by atoms with Crippen molar-refractivity contribution in [3.63, 3.8) is 0 Å². The van der Waals surface area contributed by atoms with Crippen molar-refractivity contribution in [3.8, 4) is 0 Å². The summed E-state index contributed by atoms with van der Waals surface area (Å²) in [5.41, 5.74) is 3.03. The van der Waals surface area contributed by atoms with Gasteiger partial charge in [0.05, 0.1) is 5.56 Å². The van der Waals surface area contributed by atoms with E-state index in [1.54, 1.807) is 18.2 Å². The molecule has 0 aliphatic carbocycles. The fraction of sp³-hybridized carbons (Fsp3) is 0.368. The van der Waals surface area contributed by atoms with Crippen LogP contribution in [0.3, 0.4) is 0 Å². The smallest absolute Gasteiger partial charge is 0.340 e. The van der Waals surface area contributed by atoms with Crippen LogP contribution >= 0.6 is 0 Å². The Balaban J connectivity index is 1.94. The zero-order chi connectivity index (χ0) is 18.6. The number of esters is 1. The predicted molar refractivity (Wildman–Crippen MR) is 92.7 cm³/mol. The summed E-state index contributed by atoms with van der Waals surface area (Å²) in [5, 5.41) is 2.67. The topological polar surface area (TPSA) is 60.3 Å². The van der Waals surface area contributed by atoms with Crippen LogP contribution in [0.4, 0.5) is 4.39 Å². The number of ether oxygens (including phenoxy) is 1. The highest BCUT2D eigenvalue weighted by Crippen LogP contribution is 2.16. The molecule has 1 amide bonds. The molecule has 1 atom stereocenters. The largest absolute Gasteiger partial charge is 0.449 e. The van der Waals surface area contributed by atoms with E-state index < -0.39 is 18.0 Å². The van der Waals surface area contributed by atoms with Gasteiger partial charge in [0.25, 0.3) is 5.91 Å². The van der Waals surface area contributed by atoms with Crippen molar-refractivity contribution in [2.24, 2.45) is 0 Å². The van der Waals surface area contributed by atoms with E-state index in [-0.39, 0.29) is 12.4 Å². The van der Waals surface area contributed by atoms with Crippen LogP contribution in [-0.4, -0.2) is 22.5 Å². The molecule has 0 aliphatic heterocycles. The fourth-order valence-corrected chi connectivity index (χ4v) is 2.71. The van der Waals surface area contributed by atoms with Gasteiger partial charge in [-0.2, -0.15) is 0 Å². The van der Waals surface area contributed by atoms with E-state index in [2.05, 4.69) is 5.32 Å². The highest BCUT2D eigenvalue weighted by atomic mass is 19.1. The van der Waals surface area contributed by atoms with E-state index in [1.807, 2.05) is 25.3 Å². The summed E-state index contributed by atoms with van der Waals surface area (Å²) in [4.78, 5) is 24.4. The molecule has 5 nitrogen and oxygen atoms in total. The summed E-state index contributed by atoms with van der Waals surface area (Å²) in [5.74, 6) is -1.25. The zero-order valence-electron chi connectivity index (χ0n) is 14.9. The molecule has 0 saturated carbocycles. The molecule has 2 aromatic rings. The lowest BCUT2D eigenvalue weighted by molar-refractivity contribution is -0.129. The molecule has 134 valence electrons. The van der Waals surface area contributed by atoms with Gasteiger partial charge in [-0.15, -0.1) is 0 Å². The predicted octanol–water partition coefficient (Wildman–Crippen LogP) is 3.13. The Morgan fingerprint density at radius 2 is 1.88 bits per heavy atom. The normalized spacial score (nSPS) is 11.9. The van der Waals surface area contributed by atoms with Gasteiger partial charge >= 0.3 is 5.97 Å². The lowest BCUT2D eigenvalue weighted by Gasteiger charge is -2.14. The molecular formula is C19H23FN2O3. The lowest BCUT2D eigenvalue weighted by Crippen LogP contribution is -2.35. The van der Waals surface area contributed by atoms with Crippen LogP contribution in [0.25, 0.3) is 0 Å². The minimum absolute atomic E-state index is 0.241. The van der Waals surface area contributed by atoms with Crippen LogP contribution < -0.4 is 5.32 Å². The van der Waals surface area contributed by atoms with Crippen molar-refractivity contribution < 1.29 is 18.7 Å². The first-order valence-electron chi connectivity index (χ1n) is 8.23. The average molecular weight is 346 g/mol. The van der Waals surface area contributed by atoms with Gasteiger partial charge in [0.2, 0.25) is 0 Å². The third-order valence-corrected chi connectivity index (χ3v) is 4.14. The molecule has 1 N–H and O–H groups in total. The second kappa shape index (κ2) is 7.96. The molecule has 25 heavy (non-hydrogen) atoms. The summed E-state index contributed by atoms with van der Waals surface area (Å²) in [6.45, 7) is 8.31. The number of carbonyl (C=O) groups is 2. The van der Waals surface area contributed by atoms with Gasteiger partial charge in [-0.25, -0.2) is 9.18 Å². The van der Waals surface area contributed by atoms with Crippen molar-refractivity contribution >= 4 is 11.9 Å². The van der Waals surface area contributed by atoms with Gasteiger partial charge in [0.1, 0.15) is 5.82 Å². The molecule has 0 saturated heterocycles. The zero-order valence-corrected chi connectivity index (χ0v) is 14.9. The number of aromatic nitrogens is 1. The molecule has 1 aromatic heterocycles. The molecular weight excluding hydrogens is 323 g/mol. The fourth-order valence-electron chi connectivity index (χ4n) is 2.71. The number of nitrogens with one attached hydrogen (secondary N) is 1. The first-order chi connectivity index (χ1) is 11.8. The molecule has 0 fully saturated rings. The van der Waals surface area contributed by atoms with E-state index >= 15 is 0 Å². The monoisotopic (exact) mass is 346 g/mol. The third kappa shape index (κ3) is 4.47. The van der Waals surface area contributed by atoms with E-state index in [4.69, 9.17) is 4.74 Å². The summed E-state index contributed by atoms with van der Waals surface area (Å²) in [6.07, 6.45) is -0.919. The molecule has 0 bridgehead atoms. The van der Waals surface area contributed by atoms with Crippen molar-refractivity contribution in [1.29, 1.82) is 0 Å². The van der Waals surface area contributed by atoms with Gasteiger partial charge in [-0.1, -0.05) is 12.1 Å². The van der Waals surface area contributed by atoms with Crippen LogP contribution in [0.2, 0.25) is 0 Å². The van der Waals surface area contributed by atoms with Crippen molar-refractivity contribution in [2.45, 2.75) is 46.9 Å². The van der Waals surface area contributed by atoms with Gasteiger partial charge in [-0.3, -0.25) is 4.79 Å². The van der Waals surface area contributed by atoms with E-state index in [9.17, 15) is 14.0 Å². The van der Waals surface area contributed by atoms with Crippen molar-refractivity contribution in [2.75, 3.05) is 0 Å². The van der Waals surface area contributed by atoms with E-state index in [1.165, 1.54) is 19.1 Å². The Morgan fingerprint density at radius 3 is 2.44 bits per heavy atom. The molecule has 0 aliphatic rings. The van der Waals surface area contributed by atoms with Gasteiger partial charge < -0.3 is 14.6 Å². The summed E-state index contributed by atoms with van der Waals surface area (Å²) >= 11 is 0. The maximum absolute atomic E-state index is 12.9. The maximum atomic E-state index is 12.9. The van der Waals surface area contributed by atoms with Crippen molar-refractivity contribution in [3.05, 3.63) is 58.7 Å². The SMILES string of the molecule is CCn1c(C)cc(C(=O)O[C@@H](C)C(=O)NCc2ccc(F)cc2)c1C. The minimum atomic E-state index is -0.919. The van der Waals surface area contributed by atoms with E-state index in [0.717, 1.165) is 23.5 Å². The van der Waals surface area contributed by atoms with Crippen molar-refractivity contribution in [1.82, 2.24) is 9.88 Å².